The molecule has 174 valence electrons. The summed E-state index contributed by atoms with van der Waals surface area (Å²) in [7, 11) is -0.377. The maximum atomic E-state index is 6.25. The van der Waals surface area contributed by atoms with Crippen LogP contribution in [0.2, 0.25) is 0 Å². The average molecular weight is 460 g/mol. The zero-order chi connectivity index (χ0) is 24.2. The van der Waals surface area contributed by atoms with Crippen LogP contribution in [0.25, 0.3) is 10.8 Å². The first-order valence-electron chi connectivity index (χ1n) is 12.2. The van der Waals surface area contributed by atoms with Gasteiger partial charge in [0.2, 0.25) is 0 Å². The van der Waals surface area contributed by atoms with E-state index in [9.17, 15) is 0 Å². The number of rotatable bonds is 3. The summed E-state index contributed by atoms with van der Waals surface area (Å²) >= 11 is 0. The molecular weight excluding hydrogens is 431 g/mol. The Balaban J connectivity index is 1.42. The van der Waals surface area contributed by atoms with E-state index < -0.39 is 0 Å². The van der Waals surface area contributed by atoms with Gasteiger partial charge in [0, 0.05) is 16.5 Å². The van der Waals surface area contributed by atoms with Crippen molar-refractivity contribution >= 4 is 34.8 Å². The van der Waals surface area contributed by atoms with Crippen molar-refractivity contribution in [1.29, 1.82) is 0 Å². The Morgan fingerprint density at radius 1 is 0.743 bits per heavy atom. The summed E-state index contributed by atoms with van der Waals surface area (Å²) < 4.78 is 12.5. The van der Waals surface area contributed by atoms with Gasteiger partial charge in [0.1, 0.15) is 6.17 Å². The maximum absolute atomic E-state index is 6.25. The van der Waals surface area contributed by atoms with Crippen LogP contribution in [0.5, 0.6) is 0 Å². The molecular formula is C30H29BN2O2. The SMILES string of the molecule is CC1(C)OB(c2ccc(C3=NC(c4ccccc4)Nc4c3ccc3ccccc43)cc2)OC1(C)C. The van der Waals surface area contributed by atoms with Crippen molar-refractivity contribution in [3.8, 4) is 0 Å². The molecule has 0 radical (unpaired) electrons. The predicted molar refractivity (Wildman–Crippen MR) is 145 cm³/mol. The number of benzene rings is 4. The lowest BCUT2D eigenvalue weighted by molar-refractivity contribution is 0.00578. The van der Waals surface area contributed by atoms with E-state index in [1.54, 1.807) is 0 Å². The van der Waals surface area contributed by atoms with Crippen LogP contribution in [-0.2, 0) is 9.31 Å². The Labute approximate surface area is 207 Å². The van der Waals surface area contributed by atoms with Crippen LogP contribution in [0.3, 0.4) is 0 Å². The van der Waals surface area contributed by atoms with E-state index in [1.807, 2.05) is 6.07 Å². The van der Waals surface area contributed by atoms with Crippen LogP contribution < -0.4 is 10.8 Å². The molecule has 4 aromatic rings. The lowest BCUT2D eigenvalue weighted by Gasteiger charge is -2.32. The van der Waals surface area contributed by atoms with E-state index in [1.165, 1.54) is 10.8 Å². The summed E-state index contributed by atoms with van der Waals surface area (Å²) in [6.45, 7) is 8.32. The van der Waals surface area contributed by atoms with Crippen molar-refractivity contribution in [2.75, 3.05) is 5.32 Å². The molecule has 2 aliphatic rings. The molecule has 1 fully saturated rings. The molecule has 1 unspecified atom stereocenters. The Morgan fingerprint density at radius 3 is 2.11 bits per heavy atom. The molecule has 5 heteroatoms. The van der Waals surface area contributed by atoms with Crippen molar-refractivity contribution in [3.63, 3.8) is 0 Å². The molecule has 4 nitrogen and oxygen atoms in total. The van der Waals surface area contributed by atoms with Crippen molar-refractivity contribution in [3.05, 3.63) is 108 Å². The summed E-state index contributed by atoms with van der Waals surface area (Å²) in [5.74, 6) is 0. The van der Waals surface area contributed by atoms with Crippen LogP contribution in [0.15, 0.2) is 96.0 Å². The molecule has 4 aromatic carbocycles. The van der Waals surface area contributed by atoms with Gasteiger partial charge in [-0.3, -0.25) is 4.99 Å². The van der Waals surface area contributed by atoms with E-state index in [2.05, 4.69) is 118 Å². The minimum Gasteiger partial charge on any atom is -0.399 e. The summed E-state index contributed by atoms with van der Waals surface area (Å²) in [6, 6.07) is 31.7. The van der Waals surface area contributed by atoms with E-state index in [-0.39, 0.29) is 24.5 Å². The molecule has 1 saturated heterocycles. The van der Waals surface area contributed by atoms with E-state index >= 15 is 0 Å². The van der Waals surface area contributed by atoms with E-state index in [0.29, 0.717) is 0 Å². The van der Waals surface area contributed by atoms with Gasteiger partial charge in [-0.25, -0.2) is 0 Å². The highest BCUT2D eigenvalue weighted by Gasteiger charge is 2.51. The van der Waals surface area contributed by atoms with Gasteiger partial charge in [-0.1, -0.05) is 91.0 Å². The molecule has 0 aliphatic carbocycles. The first kappa shape index (κ1) is 22.1. The third-order valence-electron chi connectivity index (χ3n) is 7.55. The zero-order valence-corrected chi connectivity index (χ0v) is 20.6. The third kappa shape index (κ3) is 3.76. The highest BCUT2D eigenvalue weighted by Crippen LogP contribution is 2.38. The Kier molecular flexibility index (Phi) is 5.10. The molecule has 0 aromatic heterocycles. The highest BCUT2D eigenvalue weighted by atomic mass is 16.7. The van der Waals surface area contributed by atoms with Gasteiger partial charge in [0.15, 0.2) is 0 Å². The largest absolute Gasteiger partial charge is 0.494 e. The Bertz CT molecular complexity index is 1410. The first-order chi connectivity index (χ1) is 16.8. The zero-order valence-electron chi connectivity index (χ0n) is 20.6. The van der Waals surface area contributed by atoms with Gasteiger partial charge >= 0.3 is 7.12 Å². The van der Waals surface area contributed by atoms with E-state index in [4.69, 9.17) is 14.3 Å². The third-order valence-corrected chi connectivity index (χ3v) is 7.55. The van der Waals surface area contributed by atoms with Crippen LogP contribution in [-0.4, -0.2) is 24.0 Å². The number of aliphatic imine (C=N–C) groups is 1. The fraction of sp³-hybridized carbons (Fsp3) is 0.233. The van der Waals surface area contributed by atoms with Crippen molar-refractivity contribution in [2.45, 2.75) is 45.1 Å². The second-order valence-corrected chi connectivity index (χ2v) is 10.4. The monoisotopic (exact) mass is 460 g/mol. The number of nitrogens with zero attached hydrogens (tertiary/aromatic N) is 1. The van der Waals surface area contributed by atoms with Gasteiger partial charge in [-0.2, -0.15) is 0 Å². The smallest absolute Gasteiger partial charge is 0.399 e. The minimum absolute atomic E-state index is 0.160. The summed E-state index contributed by atoms with van der Waals surface area (Å²) in [4.78, 5) is 5.19. The highest BCUT2D eigenvalue weighted by molar-refractivity contribution is 6.62. The van der Waals surface area contributed by atoms with Crippen LogP contribution in [0.4, 0.5) is 5.69 Å². The van der Waals surface area contributed by atoms with Crippen LogP contribution in [0, 0.1) is 0 Å². The minimum atomic E-state index is -0.377. The molecule has 0 bridgehead atoms. The lowest BCUT2D eigenvalue weighted by atomic mass is 9.78. The average Bonchev–Trinajstić information content (AvgIpc) is 3.10. The summed E-state index contributed by atoms with van der Waals surface area (Å²) in [5, 5.41) is 6.11. The molecule has 0 spiro atoms. The van der Waals surface area contributed by atoms with Gasteiger partial charge in [0.05, 0.1) is 22.6 Å². The molecule has 0 saturated carbocycles. The molecule has 2 heterocycles. The van der Waals surface area contributed by atoms with Crippen LogP contribution >= 0.6 is 0 Å². The molecule has 35 heavy (non-hydrogen) atoms. The van der Waals surface area contributed by atoms with Gasteiger partial charge in [-0.05, 0) is 44.1 Å². The molecule has 1 atom stereocenters. The number of hydrogen-bond acceptors (Lipinski definition) is 4. The second-order valence-electron chi connectivity index (χ2n) is 10.4. The lowest BCUT2D eigenvalue weighted by Crippen LogP contribution is -2.41. The standard InChI is InChI=1S/C30H29BN2O2/c1-29(2)30(3,4)35-31(34-29)23-17-14-21(15-18-23)26-25-19-16-20-10-8-9-13-24(20)27(25)33-28(32-26)22-11-6-5-7-12-22/h5-19,28,33H,1-4H3. The molecule has 1 N–H and O–H groups in total. The van der Waals surface area contributed by atoms with E-state index in [0.717, 1.165) is 33.6 Å². The first-order valence-corrected chi connectivity index (χ1v) is 12.2. The molecule has 6 rings (SSSR count). The fourth-order valence-electron chi connectivity index (χ4n) is 4.79. The fourth-order valence-corrected chi connectivity index (χ4v) is 4.79. The van der Waals surface area contributed by atoms with Gasteiger partial charge in [-0.15, -0.1) is 0 Å². The normalized spacial score (nSPS) is 20.3. The Hall–Kier alpha value is -3.41. The van der Waals surface area contributed by atoms with Crippen molar-refractivity contribution < 1.29 is 9.31 Å². The summed E-state index contributed by atoms with van der Waals surface area (Å²) in [5.41, 5.74) is 5.72. The predicted octanol–water partition coefficient (Wildman–Crippen LogP) is 6.10. The number of nitrogens with one attached hydrogen (secondary N) is 1. The number of fused-ring (bicyclic) bond motifs is 3. The quantitative estimate of drug-likeness (QED) is 0.376. The molecule has 2 aliphatic heterocycles. The van der Waals surface area contributed by atoms with Crippen LogP contribution in [0.1, 0.15) is 50.6 Å². The van der Waals surface area contributed by atoms with Gasteiger partial charge < -0.3 is 14.6 Å². The molecule has 0 amide bonds. The van der Waals surface area contributed by atoms with Crippen molar-refractivity contribution in [2.24, 2.45) is 4.99 Å². The van der Waals surface area contributed by atoms with Crippen molar-refractivity contribution in [1.82, 2.24) is 0 Å². The Morgan fingerprint density at radius 2 is 1.40 bits per heavy atom. The number of hydrogen-bond donors (Lipinski definition) is 1. The second kappa shape index (κ2) is 8.08. The topological polar surface area (TPSA) is 42.8 Å². The maximum Gasteiger partial charge on any atom is 0.494 e. The van der Waals surface area contributed by atoms with Gasteiger partial charge in [0.25, 0.3) is 0 Å². The number of anilines is 1. The summed E-state index contributed by atoms with van der Waals surface area (Å²) in [6.07, 6.45) is -0.160.